The molecule has 0 aliphatic rings. The van der Waals surface area contributed by atoms with Crippen LogP contribution in [0.2, 0.25) is 0 Å². The molecule has 0 fully saturated rings. The SMILES string of the molecule is CCCOc1c(Br)cc(C(=O)Nc2ccc([N+](=O)[O-])cc2)cc1OCC. The normalized spacial score (nSPS) is 10.3. The van der Waals surface area contributed by atoms with Crippen molar-refractivity contribution in [2.24, 2.45) is 0 Å². The van der Waals surface area contributed by atoms with Gasteiger partial charge >= 0.3 is 0 Å². The van der Waals surface area contributed by atoms with E-state index in [1.54, 1.807) is 12.1 Å². The van der Waals surface area contributed by atoms with Crippen molar-refractivity contribution in [2.75, 3.05) is 18.5 Å². The Morgan fingerprint density at radius 3 is 2.46 bits per heavy atom. The first-order valence-corrected chi connectivity index (χ1v) is 8.90. The van der Waals surface area contributed by atoms with Gasteiger partial charge in [-0.2, -0.15) is 0 Å². The van der Waals surface area contributed by atoms with E-state index in [1.807, 2.05) is 13.8 Å². The van der Waals surface area contributed by atoms with Crippen molar-refractivity contribution in [3.63, 3.8) is 0 Å². The summed E-state index contributed by atoms with van der Waals surface area (Å²) in [5.41, 5.74) is 0.797. The van der Waals surface area contributed by atoms with Gasteiger partial charge in [0.15, 0.2) is 11.5 Å². The molecule has 0 aliphatic carbocycles. The number of ether oxygens (including phenoxy) is 2. The zero-order valence-electron chi connectivity index (χ0n) is 14.5. The molecular formula is C18H19BrN2O5. The Labute approximate surface area is 159 Å². The Balaban J connectivity index is 2.23. The molecule has 2 rings (SSSR count). The number of nitro groups is 1. The minimum atomic E-state index is -0.494. The number of rotatable bonds is 8. The predicted octanol–water partition coefficient (Wildman–Crippen LogP) is 4.80. The number of carbonyl (C=O) groups is 1. The summed E-state index contributed by atoms with van der Waals surface area (Å²) >= 11 is 3.42. The Kier molecular flexibility index (Phi) is 6.97. The molecule has 0 heterocycles. The fourth-order valence-electron chi connectivity index (χ4n) is 2.18. The van der Waals surface area contributed by atoms with Crippen molar-refractivity contribution in [3.05, 3.63) is 56.5 Å². The molecule has 2 aromatic rings. The summed E-state index contributed by atoms with van der Waals surface area (Å²) in [6.07, 6.45) is 0.848. The van der Waals surface area contributed by atoms with E-state index in [4.69, 9.17) is 9.47 Å². The number of halogens is 1. The second-order valence-corrected chi connectivity index (χ2v) is 6.18. The van der Waals surface area contributed by atoms with Crippen molar-refractivity contribution >= 4 is 33.2 Å². The molecule has 26 heavy (non-hydrogen) atoms. The van der Waals surface area contributed by atoms with Crippen LogP contribution < -0.4 is 14.8 Å². The molecular weight excluding hydrogens is 404 g/mol. The van der Waals surface area contributed by atoms with Gasteiger partial charge in [0.25, 0.3) is 11.6 Å². The molecule has 0 saturated carbocycles. The second-order valence-electron chi connectivity index (χ2n) is 5.32. The Bertz CT molecular complexity index is 793. The predicted molar refractivity (Wildman–Crippen MR) is 102 cm³/mol. The number of non-ortho nitro benzene ring substituents is 1. The monoisotopic (exact) mass is 422 g/mol. The van der Waals surface area contributed by atoms with E-state index in [1.165, 1.54) is 24.3 Å². The molecule has 0 unspecified atom stereocenters. The van der Waals surface area contributed by atoms with Crippen LogP contribution in [0.3, 0.4) is 0 Å². The number of nitrogens with zero attached hydrogens (tertiary/aromatic N) is 1. The maximum atomic E-state index is 12.5. The van der Waals surface area contributed by atoms with Crippen molar-refractivity contribution in [3.8, 4) is 11.5 Å². The van der Waals surface area contributed by atoms with Gasteiger partial charge in [-0.05, 0) is 53.5 Å². The molecule has 7 nitrogen and oxygen atoms in total. The van der Waals surface area contributed by atoms with Crippen LogP contribution in [-0.4, -0.2) is 24.0 Å². The topological polar surface area (TPSA) is 90.7 Å². The van der Waals surface area contributed by atoms with Crippen molar-refractivity contribution in [2.45, 2.75) is 20.3 Å². The van der Waals surface area contributed by atoms with E-state index in [9.17, 15) is 14.9 Å². The Hall–Kier alpha value is -2.61. The fourth-order valence-corrected chi connectivity index (χ4v) is 2.73. The molecule has 0 bridgehead atoms. The molecule has 0 saturated heterocycles. The molecule has 0 aliphatic heterocycles. The van der Waals surface area contributed by atoms with Crippen LogP contribution in [0.25, 0.3) is 0 Å². The van der Waals surface area contributed by atoms with Gasteiger partial charge in [-0.1, -0.05) is 6.92 Å². The Morgan fingerprint density at radius 2 is 1.88 bits per heavy atom. The van der Waals surface area contributed by atoms with Gasteiger partial charge < -0.3 is 14.8 Å². The quantitative estimate of drug-likeness (QED) is 0.487. The summed E-state index contributed by atoms with van der Waals surface area (Å²) in [5, 5.41) is 13.4. The van der Waals surface area contributed by atoms with Crippen LogP contribution in [0.1, 0.15) is 30.6 Å². The first kappa shape index (κ1) is 19.7. The lowest BCUT2D eigenvalue weighted by Crippen LogP contribution is -2.13. The number of hydrogen-bond acceptors (Lipinski definition) is 5. The zero-order valence-corrected chi connectivity index (χ0v) is 16.0. The smallest absolute Gasteiger partial charge is 0.269 e. The second kappa shape index (κ2) is 9.19. The third-order valence-corrected chi connectivity index (χ3v) is 3.95. The highest BCUT2D eigenvalue weighted by atomic mass is 79.9. The highest BCUT2D eigenvalue weighted by Gasteiger charge is 2.16. The first-order chi connectivity index (χ1) is 12.5. The molecule has 2 aromatic carbocycles. The minimum Gasteiger partial charge on any atom is -0.490 e. The zero-order chi connectivity index (χ0) is 19.1. The van der Waals surface area contributed by atoms with Crippen LogP contribution in [0, 0.1) is 10.1 Å². The van der Waals surface area contributed by atoms with Crippen LogP contribution in [0.4, 0.5) is 11.4 Å². The lowest BCUT2D eigenvalue weighted by molar-refractivity contribution is -0.384. The summed E-state index contributed by atoms with van der Waals surface area (Å²) in [4.78, 5) is 22.7. The average Bonchev–Trinajstić information content (AvgIpc) is 2.61. The molecule has 0 aromatic heterocycles. The third-order valence-electron chi connectivity index (χ3n) is 3.36. The van der Waals surface area contributed by atoms with E-state index in [0.29, 0.717) is 40.4 Å². The Morgan fingerprint density at radius 1 is 1.19 bits per heavy atom. The number of amides is 1. The molecule has 0 radical (unpaired) electrons. The van der Waals surface area contributed by atoms with Gasteiger partial charge in [-0.3, -0.25) is 14.9 Å². The van der Waals surface area contributed by atoms with E-state index < -0.39 is 4.92 Å². The number of carbonyl (C=O) groups excluding carboxylic acids is 1. The summed E-state index contributed by atoms with van der Waals surface area (Å²) in [7, 11) is 0. The van der Waals surface area contributed by atoms with Gasteiger partial charge in [-0.15, -0.1) is 0 Å². The van der Waals surface area contributed by atoms with Crippen molar-refractivity contribution in [1.82, 2.24) is 0 Å². The number of hydrogen-bond donors (Lipinski definition) is 1. The highest BCUT2D eigenvalue weighted by Crippen LogP contribution is 2.37. The lowest BCUT2D eigenvalue weighted by atomic mass is 10.1. The van der Waals surface area contributed by atoms with Crippen molar-refractivity contribution < 1.29 is 19.2 Å². The van der Waals surface area contributed by atoms with Gasteiger partial charge in [0.2, 0.25) is 0 Å². The molecule has 8 heteroatoms. The number of anilines is 1. The third kappa shape index (κ3) is 4.95. The van der Waals surface area contributed by atoms with E-state index in [2.05, 4.69) is 21.2 Å². The standard InChI is InChI=1S/C18H19BrN2O5/c1-3-9-26-17-15(19)10-12(11-16(17)25-4-2)18(22)20-13-5-7-14(8-6-13)21(23)24/h5-8,10-11H,3-4,9H2,1-2H3,(H,20,22). The number of benzene rings is 2. The lowest BCUT2D eigenvalue weighted by Gasteiger charge is -2.15. The number of nitrogens with one attached hydrogen (secondary N) is 1. The van der Waals surface area contributed by atoms with Gasteiger partial charge in [0.05, 0.1) is 22.6 Å². The molecule has 138 valence electrons. The van der Waals surface area contributed by atoms with Crippen molar-refractivity contribution in [1.29, 1.82) is 0 Å². The van der Waals surface area contributed by atoms with Gasteiger partial charge in [-0.25, -0.2) is 0 Å². The molecule has 0 atom stereocenters. The average molecular weight is 423 g/mol. The van der Waals surface area contributed by atoms with Crippen LogP contribution in [0.5, 0.6) is 11.5 Å². The number of nitro benzene ring substituents is 1. The minimum absolute atomic E-state index is 0.0400. The largest absolute Gasteiger partial charge is 0.490 e. The fraction of sp³-hybridized carbons (Fsp3) is 0.278. The first-order valence-electron chi connectivity index (χ1n) is 8.11. The maximum Gasteiger partial charge on any atom is 0.269 e. The van der Waals surface area contributed by atoms with E-state index in [-0.39, 0.29) is 11.6 Å². The highest BCUT2D eigenvalue weighted by molar-refractivity contribution is 9.10. The summed E-state index contributed by atoms with van der Waals surface area (Å²) in [6, 6.07) is 8.88. The summed E-state index contributed by atoms with van der Waals surface area (Å²) in [5.74, 6) is 0.673. The molecule has 0 spiro atoms. The maximum absolute atomic E-state index is 12.5. The van der Waals surface area contributed by atoms with E-state index >= 15 is 0 Å². The summed E-state index contributed by atoms with van der Waals surface area (Å²) in [6.45, 7) is 4.82. The molecule has 1 N–H and O–H groups in total. The van der Waals surface area contributed by atoms with E-state index in [0.717, 1.165) is 6.42 Å². The van der Waals surface area contributed by atoms with Gasteiger partial charge in [0.1, 0.15) is 0 Å². The van der Waals surface area contributed by atoms with Crippen LogP contribution >= 0.6 is 15.9 Å². The van der Waals surface area contributed by atoms with Crippen LogP contribution in [0.15, 0.2) is 40.9 Å². The van der Waals surface area contributed by atoms with Crippen LogP contribution in [-0.2, 0) is 0 Å². The van der Waals surface area contributed by atoms with Gasteiger partial charge in [0, 0.05) is 23.4 Å². The summed E-state index contributed by atoms with van der Waals surface area (Å²) < 4.78 is 11.9. The molecule has 1 amide bonds.